The molecular weight excluding hydrogens is 342 g/mol. The Kier molecular flexibility index (Phi) is 6.83. The van der Waals surface area contributed by atoms with Gasteiger partial charge < -0.3 is 14.5 Å². The topological polar surface area (TPSA) is 65.0 Å². The molecule has 0 unspecified atom stereocenters. The molecule has 0 atom stereocenters. The third kappa shape index (κ3) is 5.78. The molecule has 5 heteroatoms. The van der Waals surface area contributed by atoms with E-state index in [-0.39, 0.29) is 0 Å². The Morgan fingerprint density at radius 3 is 1.70 bits per heavy atom. The molecule has 0 aliphatic heterocycles. The van der Waals surface area contributed by atoms with Crippen molar-refractivity contribution in [2.45, 2.75) is 13.3 Å². The normalized spacial score (nSPS) is 9.96. The molecule has 0 fully saturated rings. The van der Waals surface area contributed by atoms with Gasteiger partial charge in [0.15, 0.2) is 0 Å². The van der Waals surface area contributed by atoms with E-state index >= 15 is 0 Å². The van der Waals surface area contributed by atoms with Gasteiger partial charge in [0.2, 0.25) is 0 Å². The lowest BCUT2D eigenvalue weighted by Crippen LogP contribution is -2.11. The molecule has 5 nitrogen and oxygen atoms in total. The third-order valence-electron chi connectivity index (χ3n) is 3.67. The summed E-state index contributed by atoms with van der Waals surface area (Å²) in [5.41, 5.74) is 2.56. The van der Waals surface area contributed by atoms with E-state index in [0.29, 0.717) is 35.6 Å². The van der Waals surface area contributed by atoms with Crippen molar-refractivity contribution in [3.63, 3.8) is 0 Å². The van der Waals surface area contributed by atoms with Crippen molar-refractivity contribution in [3.8, 4) is 22.6 Å². The monoisotopic (exact) mass is 363 g/mol. The minimum absolute atomic E-state index is 0.340. The van der Waals surface area contributed by atoms with Crippen molar-refractivity contribution < 1.29 is 19.1 Å². The van der Waals surface area contributed by atoms with Gasteiger partial charge in [0.25, 0.3) is 0 Å². The van der Waals surface area contributed by atoms with E-state index in [0.717, 1.165) is 11.1 Å². The molecular formula is C22H21NO4. The van der Waals surface area contributed by atoms with Gasteiger partial charge in [0.05, 0.1) is 0 Å². The number of aliphatic imine (C=N–C) groups is 1. The van der Waals surface area contributed by atoms with E-state index < -0.39 is 11.9 Å². The number of esters is 2. The van der Waals surface area contributed by atoms with Gasteiger partial charge in [-0.1, -0.05) is 37.4 Å². The molecule has 0 spiro atoms. The first-order valence-corrected chi connectivity index (χ1v) is 8.31. The van der Waals surface area contributed by atoms with Gasteiger partial charge in [-0.15, -0.1) is 0 Å². The van der Waals surface area contributed by atoms with Crippen LogP contribution < -0.4 is 9.47 Å². The zero-order valence-corrected chi connectivity index (χ0v) is 15.2. The van der Waals surface area contributed by atoms with Crippen LogP contribution in [0.2, 0.25) is 0 Å². The first-order valence-electron chi connectivity index (χ1n) is 8.31. The van der Waals surface area contributed by atoms with Crippen molar-refractivity contribution in [1.82, 2.24) is 0 Å². The van der Waals surface area contributed by atoms with Crippen LogP contribution in [0.5, 0.6) is 11.5 Å². The van der Waals surface area contributed by atoms with Crippen LogP contribution >= 0.6 is 0 Å². The van der Waals surface area contributed by atoms with Crippen LogP contribution in [0.1, 0.15) is 13.3 Å². The lowest BCUT2D eigenvalue weighted by atomic mass is 10.1. The smallest absolute Gasteiger partial charge is 0.338 e. The molecule has 0 saturated carbocycles. The average Bonchev–Trinajstić information content (AvgIpc) is 2.67. The van der Waals surface area contributed by atoms with Crippen LogP contribution in [-0.4, -0.2) is 25.2 Å². The molecule has 0 N–H and O–H groups in total. The number of hydrogen-bond acceptors (Lipinski definition) is 5. The predicted molar refractivity (Wildman–Crippen MR) is 106 cm³/mol. The van der Waals surface area contributed by atoms with Crippen molar-refractivity contribution in [1.29, 1.82) is 0 Å². The van der Waals surface area contributed by atoms with Gasteiger partial charge in [-0.25, -0.2) is 9.59 Å². The van der Waals surface area contributed by atoms with E-state index in [1.165, 1.54) is 0 Å². The molecule has 0 aliphatic carbocycles. The highest BCUT2D eigenvalue weighted by Crippen LogP contribution is 2.25. The van der Waals surface area contributed by atoms with Crippen LogP contribution in [0.25, 0.3) is 11.1 Å². The van der Waals surface area contributed by atoms with Gasteiger partial charge in [-0.3, -0.25) is 0 Å². The minimum atomic E-state index is -0.477. The van der Waals surface area contributed by atoms with Crippen LogP contribution in [0.15, 0.2) is 77.8 Å². The summed E-state index contributed by atoms with van der Waals surface area (Å²) in [5, 5.41) is 0. The van der Waals surface area contributed by atoms with Crippen LogP contribution in [0.4, 0.5) is 0 Å². The molecule has 0 radical (unpaired) electrons. The number of ether oxygens (including phenoxy) is 2. The van der Waals surface area contributed by atoms with Crippen LogP contribution in [0, 0.1) is 0 Å². The highest BCUT2D eigenvalue weighted by Gasteiger charge is 2.10. The fraction of sp³-hybridized carbons (Fsp3) is 0.136. The van der Waals surface area contributed by atoms with E-state index in [9.17, 15) is 9.59 Å². The lowest BCUT2D eigenvalue weighted by Gasteiger charge is -2.08. The standard InChI is InChI=1S/C22H21NO4/c1-15(2)21(24)26-19-9-5-17(6-10-19)18-7-11-20(12-8-18)27-22(25)16(3)13-14-23-4/h5-12H,1,3-4,13-14H2,2H3. The van der Waals surface area contributed by atoms with Gasteiger partial charge in [-0.2, -0.15) is 0 Å². The summed E-state index contributed by atoms with van der Waals surface area (Å²) in [4.78, 5) is 27.1. The van der Waals surface area contributed by atoms with E-state index in [1.54, 1.807) is 31.2 Å². The zero-order chi connectivity index (χ0) is 19.8. The second-order valence-electron chi connectivity index (χ2n) is 5.91. The zero-order valence-electron chi connectivity index (χ0n) is 15.2. The Morgan fingerprint density at radius 2 is 1.30 bits per heavy atom. The predicted octanol–water partition coefficient (Wildman–Crippen LogP) is 4.39. The molecule has 0 amide bonds. The Morgan fingerprint density at radius 1 is 0.852 bits per heavy atom. The Hall–Kier alpha value is -3.47. The van der Waals surface area contributed by atoms with Gasteiger partial charge >= 0.3 is 11.9 Å². The van der Waals surface area contributed by atoms with Crippen molar-refractivity contribution in [2.24, 2.45) is 4.99 Å². The SMILES string of the molecule is C=NCCC(=C)C(=O)Oc1ccc(-c2ccc(OC(=O)C(=C)C)cc2)cc1. The fourth-order valence-electron chi connectivity index (χ4n) is 2.12. The van der Waals surface area contributed by atoms with Crippen molar-refractivity contribution in [2.75, 3.05) is 6.54 Å². The number of hydrogen-bond donors (Lipinski definition) is 0. The maximum atomic E-state index is 11.9. The van der Waals surface area contributed by atoms with Gasteiger partial charge in [-0.05, 0) is 55.5 Å². The number of nitrogens with zero attached hydrogens (tertiary/aromatic N) is 1. The largest absolute Gasteiger partial charge is 0.423 e. The third-order valence-corrected chi connectivity index (χ3v) is 3.67. The number of carbonyl (C=O) groups is 2. The highest BCUT2D eigenvalue weighted by atomic mass is 16.5. The van der Waals surface area contributed by atoms with E-state index in [1.807, 2.05) is 24.3 Å². The number of rotatable bonds is 8. The maximum absolute atomic E-state index is 11.9. The van der Waals surface area contributed by atoms with E-state index in [2.05, 4.69) is 24.9 Å². The minimum Gasteiger partial charge on any atom is -0.423 e. The summed E-state index contributed by atoms with van der Waals surface area (Å²) in [6, 6.07) is 14.2. The van der Waals surface area contributed by atoms with Crippen LogP contribution in [-0.2, 0) is 9.59 Å². The summed E-state index contributed by atoms with van der Waals surface area (Å²) in [6.07, 6.45) is 0.419. The second-order valence-corrected chi connectivity index (χ2v) is 5.91. The molecule has 27 heavy (non-hydrogen) atoms. The van der Waals surface area contributed by atoms with E-state index in [4.69, 9.17) is 9.47 Å². The highest BCUT2D eigenvalue weighted by molar-refractivity contribution is 5.89. The fourth-order valence-corrected chi connectivity index (χ4v) is 2.12. The maximum Gasteiger partial charge on any atom is 0.338 e. The first kappa shape index (κ1) is 19.8. The summed E-state index contributed by atoms with van der Waals surface area (Å²) in [6.45, 7) is 12.6. The summed E-state index contributed by atoms with van der Waals surface area (Å²) < 4.78 is 10.4. The molecule has 0 saturated heterocycles. The van der Waals surface area contributed by atoms with Crippen molar-refractivity contribution in [3.05, 3.63) is 72.8 Å². The Balaban J connectivity index is 2.01. The molecule has 0 aliphatic rings. The molecule has 2 aromatic carbocycles. The molecule has 2 rings (SSSR count). The quantitative estimate of drug-likeness (QED) is 0.302. The second kappa shape index (κ2) is 9.29. The number of carbonyl (C=O) groups excluding carboxylic acids is 2. The van der Waals surface area contributed by atoms with Crippen LogP contribution in [0.3, 0.4) is 0 Å². The Labute approximate surface area is 158 Å². The number of benzene rings is 2. The van der Waals surface area contributed by atoms with Gasteiger partial charge in [0, 0.05) is 17.7 Å². The van der Waals surface area contributed by atoms with Crippen molar-refractivity contribution >= 4 is 18.7 Å². The molecule has 138 valence electrons. The lowest BCUT2D eigenvalue weighted by molar-refractivity contribution is -0.131. The molecule has 0 bridgehead atoms. The summed E-state index contributed by atoms with van der Waals surface area (Å²) >= 11 is 0. The molecule has 0 heterocycles. The molecule has 0 aromatic heterocycles. The first-order chi connectivity index (χ1) is 12.9. The average molecular weight is 363 g/mol. The molecule has 2 aromatic rings. The summed E-state index contributed by atoms with van der Waals surface area (Å²) in [5.74, 6) is -0.0530. The summed E-state index contributed by atoms with van der Waals surface area (Å²) in [7, 11) is 0. The van der Waals surface area contributed by atoms with Gasteiger partial charge in [0.1, 0.15) is 11.5 Å². The Bertz CT molecular complexity index is 864.